The molecular formula is C19H21FN2O4S. The predicted molar refractivity (Wildman–Crippen MR) is 101 cm³/mol. The number of benzene rings is 1. The number of rotatable bonds is 6. The lowest BCUT2D eigenvalue weighted by molar-refractivity contribution is -0.141. The number of ether oxygens (including phenoxy) is 2. The van der Waals surface area contributed by atoms with Gasteiger partial charge in [0.15, 0.2) is 5.17 Å². The van der Waals surface area contributed by atoms with Crippen molar-refractivity contribution in [1.29, 1.82) is 0 Å². The number of allylic oxidation sites excluding steroid dienone is 1. The fraction of sp³-hybridized carbons (Fsp3) is 0.421. The van der Waals surface area contributed by atoms with Crippen molar-refractivity contribution >= 4 is 28.8 Å². The lowest BCUT2D eigenvalue weighted by Gasteiger charge is -2.33. The highest BCUT2D eigenvalue weighted by Crippen LogP contribution is 2.44. The number of esters is 1. The number of amides is 1. The Morgan fingerprint density at radius 1 is 1.37 bits per heavy atom. The van der Waals surface area contributed by atoms with Crippen LogP contribution in [0.2, 0.25) is 0 Å². The van der Waals surface area contributed by atoms with E-state index in [-0.39, 0.29) is 29.9 Å². The number of nitrogens with zero attached hydrogens (tertiary/aromatic N) is 2. The van der Waals surface area contributed by atoms with Crippen LogP contribution >= 0.6 is 11.8 Å². The summed E-state index contributed by atoms with van der Waals surface area (Å²) in [7, 11) is 1.51. The van der Waals surface area contributed by atoms with Gasteiger partial charge in [-0.2, -0.15) is 0 Å². The summed E-state index contributed by atoms with van der Waals surface area (Å²) in [6.07, 6.45) is 0.640. The lowest BCUT2D eigenvalue weighted by atomic mass is 9.94. The molecule has 1 saturated heterocycles. The highest BCUT2D eigenvalue weighted by molar-refractivity contribution is 8.15. The average molecular weight is 392 g/mol. The zero-order valence-electron chi connectivity index (χ0n) is 15.4. The number of amidine groups is 1. The molecule has 2 aliphatic rings. The van der Waals surface area contributed by atoms with Crippen molar-refractivity contribution in [2.24, 2.45) is 4.99 Å². The van der Waals surface area contributed by atoms with Gasteiger partial charge in [0.1, 0.15) is 12.4 Å². The summed E-state index contributed by atoms with van der Waals surface area (Å²) >= 11 is 1.37. The van der Waals surface area contributed by atoms with Crippen molar-refractivity contribution in [1.82, 2.24) is 4.90 Å². The van der Waals surface area contributed by atoms with E-state index >= 15 is 0 Å². The van der Waals surface area contributed by atoms with Gasteiger partial charge in [0.05, 0.1) is 29.2 Å². The molecule has 0 aliphatic carbocycles. The van der Waals surface area contributed by atoms with Crippen LogP contribution in [0.5, 0.6) is 0 Å². The Hall–Kier alpha value is -2.19. The third kappa shape index (κ3) is 3.77. The largest absolute Gasteiger partial charge is 0.460 e. The maximum atomic E-state index is 13.9. The average Bonchev–Trinajstić information content (AvgIpc) is 2.96. The van der Waals surface area contributed by atoms with Crippen molar-refractivity contribution in [2.45, 2.75) is 31.6 Å². The fourth-order valence-electron chi connectivity index (χ4n) is 3.14. The molecule has 0 spiro atoms. The van der Waals surface area contributed by atoms with Crippen LogP contribution in [-0.2, 0) is 19.1 Å². The Morgan fingerprint density at radius 3 is 2.81 bits per heavy atom. The van der Waals surface area contributed by atoms with E-state index in [0.29, 0.717) is 22.8 Å². The molecule has 1 aromatic carbocycles. The normalized spacial score (nSPS) is 22.0. The zero-order chi connectivity index (χ0) is 19.6. The summed E-state index contributed by atoms with van der Waals surface area (Å²) in [5, 5.41) is 0.267. The van der Waals surface area contributed by atoms with Crippen LogP contribution in [-0.4, -0.2) is 47.5 Å². The van der Waals surface area contributed by atoms with Crippen molar-refractivity contribution in [3.63, 3.8) is 0 Å². The Morgan fingerprint density at radius 2 is 2.15 bits per heavy atom. The van der Waals surface area contributed by atoms with Gasteiger partial charge in [-0.1, -0.05) is 30.8 Å². The number of fused-ring (bicyclic) bond motifs is 1. The molecule has 8 heteroatoms. The minimum atomic E-state index is -0.764. The Kier molecular flexibility index (Phi) is 5.96. The fourth-order valence-corrected chi connectivity index (χ4v) is 4.27. The van der Waals surface area contributed by atoms with Gasteiger partial charge in [0.2, 0.25) is 5.91 Å². The first-order valence-electron chi connectivity index (χ1n) is 8.68. The van der Waals surface area contributed by atoms with Crippen molar-refractivity contribution in [3.05, 3.63) is 46.9 Å². The molecule has 0 unspecified atom stereocenters. The molecule has 27 heavy (non-hydrogen) atoms. The number of carbonyl (C=O) groups excluding carboxylic acids is 2. The van der Waals surface area contributed by atoms with Crippen molar-refractivity contribution in [3.8, 4) is 0 Å². The van der Waals surface area contributed by atoms with Crippen LogP contribution < -0.4 is 0 Å². The first kappa shape index (κ1) is 19.6. The van der Waals surface area contributed by atoms with Gasteiger partial charge in [-0.15, -0.1) is 0 Å². The Bertz CT molecular complexity index is 824. The summed E-state index contributed by atoms with van der Waals surface area (Å²) in [4.78, 5) is 31.6. The van der Waals surface area contributed by atoms with Crippen LogP contribution in [0.3, 0.4) is 0 Å². The number of halogens is 1. The SMILES string of the molecule is CC[C@@H]1SC2=NC(C)=C(C(=O)OCCOC)[C@@H](c3cccc(F)c3)N2C1=O. The summed E-state index contributed by atoms with van der Waals surface area (Å²) in [5.41, 5.74) is 1.22. The van der Waals surface area contributed by atoms with E-state index in [4.69, 9.17) is 9.47 Å². The molecule has 1 aromatic rings. The van der Waals surface area contributed by atoms with E-state index in [1.165, 1.54) is 35.9 Å². The van der Waals surface area contributed by atoms with E-state index in [1.54, 1.807) is 19.1 Å². The third-order valence-electron chi connectivity index (χ3n) is 4.43. The van der Waals surface area contributed by atoms with Gasteiger partial charge in [-0.3, -0.25) is 9.69 Å². The van der Waals surface area contributed by atoms with Crippen LogP contribution in [0, 0.1) is 5.82 Å². The maximum Gasteiger partial charge on any atom is 0.338 e. The van der Waals surface area contributed by atoms with Gasteiger partial charge >= 0.3 is 5.97 Å². The van der Waals surface area contributed by atoms with E-state index in [1.807, 2.05) is 6.92 Å². The molecule has 2 heterocycles. The second kappa shape index (κ2) is 8.22. The lowest BCUT2D eigenvalue weighted by Crippen LogP contribution is -2.41. The molecule has 1 amide bonds. The van der Waals surface area contributed by atoms with E-state index < -0.39 is 17.8 Å². The number of thioether (sulfide) groups is 1. The van der Waals surface area contributed by atoms with Gasteiger partial charge in [-0.05, 0) is 31.0 Å². The molecule has 1 fully saturated rings. The van der Waals surface area contributed by atoms with Crippen molar-refractivity contribution < 1.29 is 23.5 Å². The third-order valence-corrected chi connectivity index (χ3v) is 5.75. The number of aliphatic imine (C=N–C) groups is 1. The first-order valence-corrected chi connectivity index (χ1v) is 9.56. The second-order valence-corrected chi connectivity index (χ2v) is 7.37. The molecule has 0 N–H and O–H groups in total. The Labute approximate surface area is 161 Å². The van der Waals surface area contributed by atoms with Crippen LogP contribution in [0.15, 0.2) is 40.5 Å². The van der Waals surface area contributed by atoms with Crippen molar-refractivity contribution in [2.75, 3.05) is 20.3 Å². The van der Waals surface area contributed by atoms with Gasteiger partial charge in [-0.25, -0.2) is 14.2 Å². The molecule has 6 nitrogen and oxygen atoms in total. The minimum absolute atomic E-state index is 0.0822. The Balaban J connectivity index is 2.05. The molecule has 144 valence electrons. The molecule has 0 aromatic heterocycles. The molecule has 0 radical (unpaired) electrons. The monoisotopic (exact) mass is 392 g/mol. The van der Waals surface area contributed by atoms with E-state index in [9.17, 15) is 14.0 Å². The standard InChI is InChI=1S/C19H21FN2O4S/c1-4-14-17(23)22-16(12-6-5-7-13(20)10-12)15(11(2)21-19(22)27-14)18(24)26-9-8-25-3/h5-7,10,14,16H,4,8-9H2,1-3H3/t14-,16+/m0/s1. The second-order valence-electron chi connectivity index (χ2n) is 6.20. The maximum absolute atomic E-state index is 13.9. The van der Waals surface area contributed by atoms with E-state index in [2.05, 4.69) is 4.99 Å². The van der Waals surface area contributed by atoms with Gasteiger partial charge in [0, 0.05) is 7.11 Å². The topological polar surface area (TPSA) is 68.2 Å². The van der Waals surface area contributed by atoms with Crippen LogP contribution in [0.25, 0.3) is 0 Å². The molecule has 0 saturated carbocycles. The van der Waals surface area contributed by atoms with Crippen LogP contribution in [0.1, 0.15) is 31.9 Å². The predicted octanol–water partition coefficient (Wildman–Crippen LogP) is 3.05. The zero-order valence-corrected chi connectivity index (χ0v) is 16.2. The summed E-state index contributed by atoms with van der Waals surface area (Å²) in [5.74, 6) is -1.16. The summed E-state index contributed by atoms with van der Waals surface area (Å²) < 4.78 is 24.1. The van der Waals surface area contributed by atoms with E-state index in [0.717, 1.165) is 0 Å². The smallest absolute Gasteiger partial charge is 0.338 e. The molecule has 2 aliphatic heterocycles. The molecule has 2 atom stereocenters. The first-order chi connectivity index (χ1) is 13.0. The highest BCUT2D eigenvalue weighted by atomic mass is 32.2. The summed E-state index contributed by atoms with van der Waals surface area (Å²) in [6, 6.07) is 5.15. The minimum Gasteiger partial charge on any atom is -0.460 e. The number of hydrogen-bond acceptors (Lipinski definition) is 6. The molecule has 3 rings (SSSR count). The van der Waals surface area contributed by atoms with Gasteiger partial charge in [0.25, 0.3) is 0 Å². The molecule has 0 bridgehead atoms. The van der Waals surface area contributed by atoms with Crippen LogP contribution in [0.4, 0.5) is 4.39 Å². The number of methoxy groups -OCH3 is 1. The molecular weight excluding hydrogens is 371 g/mol. The summed E-state index contributed by atoms with van der Waals surface area (Å²) in [6.45, 7) is 3.96. The quantitative estimate of drug-likeness (QED) is 0.550. The number of hydrogen-bond donors (Lipinski definition) is 0. The highest BCUT2D eigenvalue weighted by Gasteiger charge is 2.47. The number of carbonyl (C=O) groups is 2. The van der Waals surface area contributed by atoms with Gasteiger partial charge < -0.3 is 9.47 Å².